The van der Waals surface area contributed by atoms with Crippen LogP contribution in [0.1, 0.15) is 28.1 Å². The Labute approximate surface area is 160 Å². The second-order valence-corrected chi connectivity index (χ2v) is 6.16. The van der Waals surface area contributed by atoms with E-state index in [0.29, 0.717) is 23.4 Å². The molecular weight excluding hydrogens is 362 g/mol. The maximum absolute atomic E-state index is 12.5. The number of carbonyl (C=O) groups is 1. The van der Waals surface area contributed by atoms with Gasteiger partial charge < -0.3 is 18.6 Å². The molecule has 0 aliphatic rings. The molecule has 1 amide bonds. The molecule has 0 spiro atoms. The third-order valence-electron chi connectivity index (χ3n) is 4.05. The smallest absolute Gasteiger partial charge is 0.276 e. The van der Waals surface area contributed by atoms with Crippen molar-refractivity contribution in [3.63, 3.8) is 0 Å². The molecule has 0 saturated carbocycles. The average Bonchev–Trinajstić information content (AvgIpc) is 3.34. The van der Waals surface area contributed by atoms with Gasteiger partial charge in [-0.15, -0.1) is 0 Å². The molecule has 3 heterocycles. The molecule has 0 bridgehead atoms. The minimum atomic E-state index is -0.318. The van der Waals surface area contributed by atoms with Gasteiger partial charge in [-0.1, -0.05) is 17.3 Å². The highest BCUT2D eigenvalue weighted by atomic mass is 16.5. The number of fused-ring (bicyclic) bond motifs is 1. The summed E-state index contributed by atoms with van der Waals surface area (Å²) in [6.07, 6.45) is 4.78. The van der Waals surface area contributed by atoms with Crippen molar-refractivity contribution in [2.75, 3.05) is 7.05 Å². The molecule has 0 atom stereocenters. The van der Waals surface area contributed by atoms with Crippen LogP contribution in [0.25, 0.3) is 10.8 Å². The fourth-order valence-corrected chi connectivity index (χ4v) is 2.71. The Morgan fingerprint density at radius 2 is 2.11 bits per heavy atom. The standard InChI is InChI=1S/C19H17N5O4/c1-12-21-17(28-23-12)9-24(2)19(25)15-10-27-18(22-15)11-26-16-5-3-4-13-8-20-7-6-14(13)16/h3-8,10H,9,11H2,1-2H3. The van der Waals surface area contributed by atoms with Gasteiger partial charge in [0.1, 0.15) is 18.6 Å². The number of hydrogen-bond donors (Lipinski definition) is 0. The fourth-order valence-electron chi connectivity index (χ4n) is 2.71. The highest BCUT2D eigenvalue weighted by molar-refractivity contribution is 5.91. The first-order valence-corrected chi connectivity index (χ1v) is 8.55. The number of aromatic nitrogens is 4. The molecule has 4 rings (SSSR count). The molecule has 0 unspecified atom stereocenters. The van der Waals surface area contributed by atoms with Gasteiger partial charge in [0.05, 0.1) is 0 Å². The number of benzene rings is 1. The molecule has 3 aromatic heterocycles. The van der Waals surface area contributed by atoms with Crippen LogP contribution >= 0.6 is 0 Å². The van der Waals surface area contributed by atoms with Gasteiger partial charge in [-0.2, -0.15) is 4.98 Å². The van der Waals surface area contributed by atoms with E-state index in [4.69, 9.17) is 13.7 Å². The molecule has 0 aliphatic carbocycles. The zero-order chi connectivity index (χ0) is 19.5. The van der Waals surface area contributed by atoms with Crippen LogP contribution in [-0.4, -0.2) is 38.0 Å². The van der Waals surface area contributed by atoms with Crippen molar-refractivity contribution in [1.29, 1.82) is 0 Å². The lowest BCUT2D eigenvalue weighted by atomic mass is 10.1. The molecule has 1 aromatic carbocycles. The van der Waals surface area contributed by atoms with Crippen molar-refractivity contribution in [2.45, 2.75) is 20.1 Å². The molecule has 0 aliphatic heterocycles. The van der Waals surface area contributed by atoms with Crippen molar-refractivity contribution in [2.24, 2.45) is 0 Å². The van der Waals surface area contributed by atoms with E-state index in [1.165, 1.54) is 11.2 Å². The molecule has 9 heteroatoms. The number of carbonyl (C=O) groups excluding carboxylic acids is 1. The van der Waals surface area contributed by atoms with E-state index in [1.54, 1.807) is 26.4 Å². The Balaban J connectivity index is 1.41. The normalized spacial score (nSPS) is 10.9. The van der Waals surface area contributed by atoms with Crippen molar-refractivity contribution >= 4 is 16.7 Å². The van der Waals surface area contributed by atoms with Crippen molar-refractivity contribution in [3.05, 3.63) is 66.2 Å². The molecule has 0 radical (unpaired) electrons. The van der Waals surface area contributed by atoms with Crippen LogP contribution in [0.5, 0.6) is 5.75 Å². The van der Waals surface area contributed by atoms with Gasteiger partial charge in [0.2, 0.25) is 11.8 Å². The van der Waals surface area contributed by atoms with E-state index in [9.17, 15) is 4.79 Å². The maximum Gasteiger partial charge on any atom is 0.276 e. The Bertz CT molecular complexity index is 1110. The highest BCUT2D eigenvalue weighted by Gasteiger charge is 2.19. The number of pyridine rings is 1. The number of hydrogen-bond acceptors (Lipinski definition) is 8. The lowest BCUT2D eigenvalue weighted by Crippen LogP contribution is -2.26. The average molecular weight is 379 g/mol. The van der Waals surface area contributed by atoms with Gasteiger partial charge >= 0.3 is 0 Å². The quantitative estimate of drug-likeness (QED) is 0.503. The monoisotopic (exact) mass is 379 g/mol. The summed E-state index contributed by atoms with van der Waals surface area (Å²) in [6.45, 7) is 1.99. The second-order valence-electron chi connectivity index (χ2n) is 6.16. The summed E-state index contributed by atoms with van der Waals surface area (Å²) in [5.41, 5.74) is 0.180. The van der Waals surface area contributed by atoms with Gasteiger partial charge in [0.25, 0.3) is 5.91 Å². The summed E-state index contributed by atoms with van der Waals surface area (Å²) < 4.78 is 16.2. The van der Waals surface area contributed by atoms with Crippen LogP contribution in [0.2, 0.25) is 0 Å². The van der Waals surface area contributed by atoms with Crippen LogP contribution in [0.3, 0.4) is 0 Å². The predicted octanol–water partition coefficient (Wildman–Crippen LogP) is 2.77. The van der Waals surface area contributed by atoms with Crippen LogP contribution in [-0.2, 0) is 13.2 Å². The second kappa shape index (κ2) is 7.47. The van der Waals surface area contributed by atoms with Crippen LogP contribution in [0.4, 0.5) is 0 Å². The Morgan fingerprint density at radius 3 is 2.93 bits per heavy atom. The van der Waals surface area contributed by atoms with Gasteiger partial charge in [-0.05, 0) is 19.1 Å². The van der Waals surface area contributed by atoms with Crippen LogP contribution < -0.4 is 4.74 Å². The lowest BCUT2D eigenvalue weighted by molar-refractivity contribution is 0.0763. The summed E-state index contributed by atoms with van der Waals surface area (Å²) in [5.74, 6) is 1.54. The number of ether oxygens (including phenoxy) is 1. The maximum atomic E-state index is 12.5. The highest BCUT2D eigenvalue weighted by Crippen LogP contribution is 2.25. The fraction of sp³-hybridized carbons (Fsp3) is 0.211. The van der Waals surface area contributed by atoms with Gasteiger partial charge in [-0.25, -0.2) is 4.98 Å². The summed E-state index contributed by atoms with van der Waals surface area (Å²) >= 11 is 0. The molecular formula is C19H17N5O4. The minimum Gasteiger partial charge on any atom is -0.483 e. The first-order valence-electron chi connectivity index (χ1n) is 8.55. The topological polar surface area (TPSA) is 107 Å². The van der Waals surface area contributed by atoms with E-state index in [1.807, 2.05) is 24.3 Å². The van der Waals surface area contributed by atoms with E-state index >= 15 is 0 Å². The Hall–Kier alpha value is -3.75. The van der Waals surface area contributed by atoms with Crippen molar-refractivity contribution in [1.82, 2.24) is 25.0 Å². The number of aryl methyl sites for hydroxylation is 1. The molecule has 0 fully saturated rings. The molecule has 9 nitrogen and oxygen atoms in total. The minimum absolute atomic E-state index is 0.0985. The molecule has 142 valence electrons. The summed E-state index contributed by atoms with van der Waals surface area (Å²) in [4.78, 5) is 26.3. The molecule has 0 N–H and O–H groups in total. The summed E-state index contributed by atoms with van der Waals surface area (Å²) in [7, 11) is 1.62. The summed E-state index contributed by atoms with van der Waals surface area (Å²) in [5, 5.41) is 5.61. The Morgan fingerprint density at radius 1 is 1.21 bits per heavy atom. The zero-order valence-corrected chi connectivity index (χ0v) is 15.3. The van der Waals surface area contributed by atoms with E-state index < -0.39 is 0 Å². The first-order chi connectivity index (χ1) is 13.6. The zero-order valence-electron chi connectivity index (χ0n) is 15.3. The number of amides is 1. The van der Waals surface area contributed by atoms with Gasteiger partial charge in [0, 0.05) is 30.2 Å². The molecule has 4 aromatic rings. The van der Waals surface area contributed by atoms with E-state index in [-0.39, 0.29) is 24.8 Å². The first kappa shape index (κ1) is 17.7. The summed E-state index contributed by atoms with van der Waals surface area (Å²) in [6, 6.07) is 7.58. The largest absolute Gasteiger partial charge is 0.483 e. The van der Waals surface area contributed by atoms with Crippen molar-refractivity contribution in [3.8, 4) is 5.75 Å². The van der Waals surface area contributed by atoms with Crippen molar-refractivity contribution < 1.29 is 18.5 Å². The van der Waals surface area contributed by atoms with Crippen LogP contribution in [0.15, 0.2) is 51.9 Å². The van der Waals surface area contributed by atoms with Crippen LogP contribution in [0, 0.1) is 6.92 Å². The molecule has 28 heavy (non-hydrogen) atoms. The lowest BCUT2D eigenvalue weighted by Gasteiger charge is -2.12. The van der Waals surface area contributed by atoms with E-state index in [2.05, 4.69) is 20.1 Å². The molecule has 0 saturated heterocycles. The third-order valence-corrected chi connectivity index (χ3v) is 4.05. The number of nitrogens with zero attached hydrogens (tertiary/aromatic N) is 5. The van der Waals surface area contributed by atoms with E-state index in [0.717, 1.165) is 10.8 Å². The SMILES string of the molecule is Cc1noc(CN(C)C(=O)c2coc(COc3cccc4cnccc34)n2)n1. The predicted molar refractivity (Wildman–Crippen MR) is 97.4 cm³/mol. The number of rotatable bonds is 6. The third kappa shape index (κ3) is 3.68. The Kier molecular flexibility index (Phi) is 4.71. The van der Waals surface area contributed by atoms with Gasteiger partial charge in [-0.3, -0.25) is 9.78 Å². The van der Waals surface area contributed by atoms with Gasteiger partial charge in [0.15, 0.2) is 18.1 Å². The number of oxazole rings is 1.